The second-order valence-electron chi connectivity index (χ2n) is 4.23. The van der Waals surface area contributed by atoms with Crippen molar-refractivity contribution in [1.82, 2.24) is 5.32 Å². The van der Waals surface area contributed by atoms with Crippen molar-refractivity contribution in [2.75, 3.05) is 6.54 Å². The van der Waals surface area contributed by atoms with E-state index < -0.39 is 23.2 Å². The molecule has 0 saturated carbocycles. The normalized spacial score (nSPS) is 19.5. The van der Waals surface area contributed by atoms with Crippen molar-refractivity contribution in [3.8, 4) is 0 Å². The van der Waals surface area contributed by atoms with Crippen LogP contribution < -0.4 is 5.32 Å². The van der Waals surface area contributed by atoms with E-state index in [1.165, 1.54) is 0 Å². The second-order valence-corrected chi connectivity index (χ2v) is 4.23. The number of benzene rings is 1. The summed E-state index contributed by atoms with van der Waals surface area (Å²) in [6, 6.07) is 1.89. The maximum absolute atomic E-state index is 13.6. The van der Waals surface area contributed by atoms with Crippen molar-refractivity contribution in [2.24, 2.45) is 0 Å². The number of hydrogen-bond donors (Lipinski definition) is 2. The molecule has 2 N–H and O–H groups in total. The van der Waals surface area contributed by atoms with E-state index >= 15 is 0 Å². The van der Waals surface area contributed by atoms with Crippen molar-refractivity contribution in [3.05, 3.63) is 34.9 Å². The lowest BCUT2D eigenvalue weighted by molar-refractivity contribution is 0.0691. The van der Waals surface area contributed by atoms with Gasteiger partial charge in [0, 0.05) is 6.04 Å². The van der Waals surface area contributed by atoms with Crippen molar-refractivity contribution in [3.63, 3.8) is 0 Å². The zero-order chi connectivity index (χ0) is 12.4. The minimum atomic E-state index is -1.45. The van der Waals surface area contributed by atoms with E-state index in [0.717, 1.165) is 31.5 Å². The average Bonchev–Trinajstić information content (AvgIpc) is 2.75. The molecule has 17 heavy (non-hydrogen) atoms. The van der Waals surface area contributed by atoms with E-state index in [1.54, 1.807) is 0 Å². The number of carbonyl (C=O) groups is 1. The van der Waals surface area contributed by atoms with Crippen LogP contribution in [-0.2, 0) is 6.42 Å². The molecule has 1 unspecified atom stereocenters. The maximum Gasteiger partial charge on any atom is 0.338 e. The molecule has 1 aliphatic heterocycles. The summed E-state index contributed by atoms with van der Waals surface area (Å²) in [5.74, 6) is -2.99. The van der Waals surface area contributed by atoms with Gasteiger partial charge in [0.15, 0.2) is 0 Å². The van der Waals surface area contributed by atoms with E-state index in [-0.39, 0.29) is 11.6 Å². The third kappa shape index (κ3) is 2.61. The van der Waals surface area contributed by atoms with Gasteiger partial charge < -0.3 is 10.4 Å². The molecular weight excluding hydrogens is 228 g/mol. The van der Waals surface area contributed by atoms with Gasteiger partial charge in [-0.1, -0.05) is 0 Å². The Labute approximate surface area is 97.5 Å². The molecule has 0 amide bonds. The number of halogens is 2. The molecule has 1 saturated heterocycles. The summed E-state index contributed by atoms with van der Waals surface area (Å²) < 4.78 is 27.0. The molecule has 1 atom stereocenters. The summed E-state index contributed by atoms with van der Waals surface area (Å²) in [7, 11) is 0. The molecule has 1 aliphatic rings. The highest BCUT2D eigenvalue weighted by Crippen LogP contribution is 2.19. The fourth-order valence-corrected chi connectivity index (χ4v) is 2.10. The lowest BCUT2D eigenvalue weighted by Gasteiger charge is -2.11. The van der Waals surface area contributed by atoms with Crippen LogP contribution in [0.25, 0.3) is 0 Å². The van der Waals surface area contributed by atoms with Gasteiger partial charge in [-0.25, -0.2) is 13.6 Å². The predicted octanol–water partition coefficient (Wildman–Crippen LogP) is 1.96. The highest BCUT2D eigenvalue weighted by atomic mass is 19.1. The smallest absolute Gasteiger partial charge is 0.338 e. The molecule has 5 heteroatoms. The fraction of sp³-hybridized carbons (Fsp3) is 0.417. The number of aromatic carboxylic acids is 1. The van der Waals surface area contributed by atoms with Crippen molar-refractivity contribution in [1.29, 1.82) is 0 Å². The lowest BCUT2D eigenvalue weighted by Crippen LogP contribution is -2.24. The van der Waals surface area contributed by atoms with Gasteiger partial charge in [-0.15, -0.1) is 0 Å². The first-order valence-corrected chi connectivity index (χ1v) is 5.52. The molecular formula is C12H13F2NO2. The Morgan fingerprint density at radius 2 is 2.18 bits per heavy atom. The first-order chi connectivity index (χ1) is 8.08. The Balaban J connectivity index is 2.23. The van der Waals surface area contributed by atoms with Gasteiger partial charge in [0.2, 0.25) is 0 Å². The van der Waals surface area contributed by atoms with Crippen molar-refractivity contribution in [2.45, 2.75) is 25.3 Å². The molecule has 0 aromatic heterocycles. The molecule has 2 rings (SSSR count). The number of hydrogen-bond acceptors (Lipinski definition) is 2. The summed E-state index contributed by atoms with van der Waals surface area (Å²) in [6.07, 6.45) is 2.35. The van der Waals surface area contributed by atoms with Crippen LogP contribution >= 0.6 is 0 Å². The molecule has 3 nitrogen and oxygen atoms in total. The van der Waals surface area contributed by atoms with Gasteiger partial charge in [0.25, 0.3) is 0 Å². The number of nitrogens with one attached hydrogen (secondary N) is 1. The van der Waals surface area contributed by atoms with E-state index in [0.29, 0.717) is 6.42 Å². The predicted molar refractivity (Wildman–Crippen MR) is 58.0 cm³/mol. The van der Waals surface area contributed by atoms with Crippen LogP contribution in [-0.4, -0.2) is 23.7 Å². The van der Waals surface area contributed by atoms with Gasteiger partial charge in [-0.2, -0.15) is 0 Å². The van der Waals surface area contributed by atoms with Crippen LogP contribution in [0.15, 0.2) is 12.1 Å². The van der Waals surface area contributed by atoms with Crippen LogP contribution in [0.4, 0.5) is 8.78 Å². The average molecular weight is 241 g/mol. The highest BCUT2D eigenvalue weighted by Gasteiger charge is 2.19. The SMILES string of the molecule is O=C(O)c1cc(F)c(CC2CCCN2)cc1F. The Morgan fingerprint density at radius 1 is 1.41 bits per heavy atom. The quantitative estimate of drug-likeness (QED) is 0.850. The fourth-order valence-electron chi connectivity index (χ4n) is 2.10. The molecule has 0 bridgehead atoms. The first kappa shape index (κ1) is 12.0. The van der Waals surface area contributed by atoms with E-state index in [9.17, 15) is 13.6 Å². The van der Waals surface area contributed by atoms with Crippen LogP contribution in [0.1, 0.15) is 28.8 Å². The summed E-state index contributed by atoms with van der Waals surface area (Å²) in [5, 5.41) is 11.8. The minimum absolute atomic E-state index is 0.152. The van der Waals surface area contributed by atoms with Crippen molar-refractivity contribution >= 4 is 5.97 Å². The standard InChI is InChI=1S/C12H13F2NO2/c13-10-6-9(12(16)17)11(14)5-7(10)4-8-2-1-3-15-8/h5-6,8,15H,1-4H2,(H,16,17). The summed E-state index contributed by atoms with van der Waals surface area (Å²) in [4.78, 5) is 10.6. The summed E-state index contributed by atoms with van der Waals surface area (Å²) in [5.41, 5.74) is -0.391. The Morgan fingerprint density at radius 3 is 2.76 bits per heavy atom. The Hall–Kier alpha value is -1.49. The third-order valence-corrected chi connectivity index (χ3v) is 3.00. The van der Waals surface area contributed by atoms with E-state index in [4.69, 9.17) is 5.11 Å². The molecule has 1 aromatic carbocycles. The van der Waals surface area contributed by atoms with Crippen LogP contribution in [0.3, 0.4) is 0 Å². The summed E-state index contributed by atoms with van der Waals surface area (Å²) in [6.45, 7) is 0.891. The van der Waals surface area contributed by atoms with Gasteiger partial charge in [0.05, 0.1) is 5.56 Å². The minimum Gasteiger partial charge on any atom is -0.478 e. The van der Waals surface area contributed by atoms with Crippen LogP contribution in [0, 0.1) is 11.6 Å². The van der Waals surface area contributed by atoms with Crippen LogP contribution in [0.5, 0.6) is 0 Å². The third-order valence-electron chi connectivity index (χ3n) is 3.00. The number of rotatable bonds is 3. The number of carboxylic acid groups (broad SMARTS) is 1. The van der Waals surface area contributed by atoms with Gasteiger partial charge in [-0.05, 0) is 43.5 Å². The molecule has 1 heterocycles. The Kier molecular flexibility index (Phi) is 3.38. The number of carboxylic acids is 1. The Bertz CT molecular complexity index is 442. The molecule has 92 valence electrons. The largest absolute Gasteiger partial charge is 0.478 e. The topological polar surface area (TPSA) is 49.3 Å². The maximum atomic E-state index is 13.6. The zero-order valence-corrected chi connectivity index (χ0v) is 9.17. The van der Waals surface area contributed by atoms with E-state index in [2.05, 4.69) is 5.32 Å². The zero-order valence-electron chi connectivity index (χ0n) is 9.17. The first-order valence-electron chi connectivity index (χ1n) is 5.52. The molecule has 0 aliphatic carbocycles. The van der Waals surface area contributed by atoms with E-state index in [1.807, 2.05) is 0 Å². The highest BCUT2D eigenvalue weighted by molar-refractivity contribution is 5.88. The monoisotopic (exact) mass is 241 g/mol. The molecule has 1 fully saturated rings. The lowest BCUT2D eigenvalue weighted by atomic mass is 10.0. The van der Waals surface area contributed by atoms with Gasteiger partial charge in [0.1, 0.15) is 11.6 Å². The molecule has 1 aromatic rings. The molecule has 0 spiro atoms. The van der Waals surface area contributed by atoms with Gasteiger partial charge in [-0.3, -0.25) is 0 Å². The van der Waals surface area contributed by atoms with Crippen molar-refractivity contribution < 1.29 is 18.7 Å². The van der Waals surface area contributed by atoms with Gasteiger partial charge >= 0.3 is 5.97 Å². The molecule has 0 radical (unpaired) electrons. The summed E-state index contributed by atoms with van der Waals surface area (Å²) >= 11 is 0. The van der Waals surface area contributed by atoms with Crippen LogP contribution in [0.2, 0.25) is 0 Å². The second kappa shape index (κ2) is 4.79.